The van der Waals surface area contributed by atoms with Gasteiger partial charge in [-0.2, -0.15) is 0 Å². The van der Waals surface area contributed by atoms with Crippen LogP contribution in [-0.2, 0) is 10.0 Å². The monoisotopic (exact) mass is 384 g/mol. The number of methoxy groups -OCH3 is 1. The van der Waals surface area contributed by atoms with Gasteiger partial charge in [-0.25, -0.2) is 8.42 Å². The van der Waals surface area contributed by atoms with Crippen molar-refractivity contribution < 1.29 is 13.2 Å². The van der Waals surface area contributed by atoms with Gasteiger partial charge in [-0.3, -0.25) is 4.72 Å². The predicted molar refractivity (Wildman–Crippen MR) is 98.8 cm³/mol. The van der Waals surface area contributed by atoms with Crippen LogP contribution in [0.25, 0.3) is 0 Å². The fraction of sp³-hybridized carbons (Fsp3) is 0.375. The van der Waals surface area contributed by atoms with E-state index >= 15 is 0 Å². The number of benzene rings is 1. The molecule has 0 spiro atoms. The first-order valence-electron chi connectivity index (χ1n) is 7.76. The van der Waals surface area contributed by atoms with Gasteiger partial charge >= 0.3 is 0 Å². The maximum absolute atomic E-state index is 12.4. The number of halogens is 1. The average molecular weight is 385 g/mol. The summed E-state index contributed by atoms with van der Waals surface area (Å²) in [7, 11) is -2.36. The molecule has 0 amide bonds. The Morgan fingerprint density at radius 3 is 2.40 bits per heavy atom. The Morgan fingerprint density at radius 2 is 1.84 bits per heavy atom. The summed E-state index contributed by atoms with van der Waals surface area (Å²) in [4.78, 5) is 0.0132. The predicted octanol–water partition coefficient (Wildman–Crippen LogP) is 3.40. The Morgan fingerprint density at radius 1 is 1.16 bits per heavy atom. The number of hydrogen-bond acceptors (Lipinski definition) is 6. The highest BCUT2D eigenvalue weighted by Gasteiger charge is 2.17. The highest BCUT2D eigenvalue weighted by atomic mass is 35.5. The van der Waals surface area contributed by atoms with E-state index in [1.807, 2.05) is 0 Å². The molecule has 0 aliphatic carbocycles. The van der Waals surface area contributed by atoms with E-state index in [2.05, 4.69) is 34.1 Å². The lowest BCUT2D eigenvalue weighted by Gasteiger charge is -2.10. The summed E-state index contributed by atoms with van der Waals surface area (Å²) in [6.45, 7) is 5.05. The van der Waals surface area contributed by atoms with Gasteiger partial charge in [0.1, 0.15) is 11.6 Å². The third kappa shape index (κ3) is 5.47. The summed E-state index contributed by atoms with van der Waals surface area (Å²) in [6.07, 6.45) is 1.01. The van der Waals surface area contributed by atoms with Gasteiger partial charge in [0.2, 0.25) is 0 Å². The fourth-order valence-electron chi connectivity index (χ4n) is 1.98. The van der Waals surface area contributed by atoms with E-state index in [0.29, 0.717) is 17.5 Å². The van der Waals surface area contributed by atoms with Gasteiger partial charge in [0.25, 0.3) is 10.0 Å². The molecule has 0 radical (unpaired) electrons. The van der Waals surface area contributed by atoms with Gasteiger partial charge < -0.3 is 10.1 Å². The third-order valence-electron chi connectivity index (χ3n) is 3.36. The topological polar surface area (TPSA) is 93.2 Å². The smallest absolute Gasteiger partial charge is 0.263 e. The average Bonchev–Trinajstić information content (AvgIpc) is 2.56. The minimum atomic E-state index is -3.81. The van der Waals surface area contributed by atoms with Crippen LogP contribution >= 0.6 is 11.6 Å². The molecule has 0 saturated heterocycles. The Balaban J connectivity index is 2.06. The number of nitrogens with one attached hydrogen (secondary N) is 2. The Bertz CT molecular complexity index is 811. The van der Waals surface area contributed by atoms with Crippen molar-refractivity contribution in [3.63, 3.8) is 0 Å². The lowest BCUT2D eigenvalue weighted by molar-refractivity contribution is 0.414. The standard InChI is InChI=1S/C16H21ClN4O3S/c1-11(2)8-9-18-15-6-7-16(20-19-15)21-25(22,23)12-4-5-14(24-3)13(17)10-12/h4-7,10-11H,8-9H2,1-3H3,(H,18,19)(H,20,21). The highest BCUT2D eigenvalue weighted by molar-refractivity contribution is 7.92. The van der Waals surface area contributed by atoms with E-state index in [1.54, 1.807) is 12.1 Å². The van der Waals surface area contributed by atoms with E-state index in [4.69, 9.17) is 16.3 Å². The van der Waals surface area contributed by atoms with Crippen LogP contribution in [-0.4, -0.2) is 32.3 Å². The summed E-state index contributed by atoms with van der Waals surface area (Å²) in [6, 6.07) is 7.43. The molecule has 0 atom stereocenters. The molecule has 1 aromatic heterocycles. The molecule has 2 aromatic rings. The summed E-state index contributed by atoms with van der Waals surface area (Å²) >= 11 is 5.98. The molecule has 1 aromatic carbocycles. The van der Waals surface area contributed by atoms with Gasteiger partial charge in [-0.1, -0.05) is 25.4 Å². The minimum absolute atomic E-state index is 0.0132. The van der Waals surface area contributed by atoms with Crippen LogP contribution in [0.15, 0.2) is 35.2 Å². The third-order valence-corrected chi connectivity index (χ3v) is 5.01. The largest absolute Gasteiger partial charge is 0.495 e. The van der Waals surface area contributed by atoms with E-state index in [0.717, 1.165) is 13.0 Å². The summed E-state index contributed by atoms with van der Waals surface area (Å²) < 4.78 is 32.2. The summed E-state index contributed by atoms with van der Waals surface area (Å²) in [5.41, 5.74) is 0. The van der Waals surface area contributed by atoms with Crippen molar-refractivity contribution >= 4 is 33.3 Å². The van der Waals surface area contributed by atoms with E-state index in [-0.39, 0.29) is 15.7 Å². The van der Waals surface area contributed by atoms with Crippen LogP contribution in [0.2, 0.25) is 5.02 Å². The summed E-state index contributed by atoms with van der Waals surface area (Å²) in [5, 5.41) is 11.2. The van der Waals surface area contributed by atoms with Crippen molar-refractivity contribution in [2.24, 2.45) is 5.92 Å². The quantitative estimate of drug-likeness (QED) is 0.724. The zero-order valence-electron chi connectivity index (χ0n) is 14.3. The number of ether oxygens (including phenoxy) is 1. The first-order chi connectivity index (χ1) is 11.8. The molecule has 0 aliphatic heterocycles. The second-order valence-corrected chi connectivity index (χ2v) is 7.90. The lowest BCUT2D eigenvalue weighted by atomic mass is 10.1. The Labute approximate surface area is 152 Å². The van der Waals surface area contributed by atoms with Crippen molar-refractivity contribution in [2.75, 3.05) is 23.7 Å². The zero-order chi connectivity index (χ0) is 18.4. The number of anilines is 2. The summed E-state index contributed by atoms with van der Waals surface area (Å²) in [5.74, 6) is 1.71. The number of hydrogen-bond donors (Lipinski definition) is 2. The number of aromatic nitrogens is 2. The molecule has 0 saturated carbocycles. The molecule has 25 heavy (non-hydrogen) atoms. The maximum Gasteiger partial charge on any atom is 0.263 e. The molecule has 0 fully saturated rings. The molecule has 9 heteroatoms. The first-order valence-corrected chi connectivity index (χ1v) is 9.62. The van der Waals surface area contributed by atoms with Crippen molar-refractivity contribution in [1.29, 1.82) is 0 Å². The van der Waals surface area contributed by atoms with E-state index < -0.39 is 10.0 Å². The Hall–Kier alpha value is -2.06. The molecule has 7 nitrogen and oxygen atoms in total. The van der Waals surface area contributed by atoms with Crippen LogP contribution in [0.1, 0.15) is 20.3 Å². The lowest BCUT2D eigenvalue weighted by Crippen LogP contribution is -2.15. The zero-order valence-corrected chi connectivity index (χ0v) is 15.9. The van der Waals surface area contributed by atoms with Crippen LogP contribution < -0.4 is 14.8 Å². The van der Waals surface area contributed by atoms with Gasteiger partial charge in [0.15, 0.2) is 5.82 Å². The molecular formula is C16H21ClN4O3S. The van der Waals surface area contributed by atoms with Crippen LogP contribution in [0, 0.1) is 5.92 Å². The molecule has 0 aliphatic rings. The molecule has 2 rings (SSSR count). The Kier molecular flexibility index (Phi) is 6.44. The van der Waals surface area contributed by atoms with Gasteiger partial charge in [-0.05, 0) is 42.7 Å². The molecule has 136 valence electrons. The number of rotatable bonds is 8. The van der Waals surface area contributed by atoms with E-state index in [9.17, 15) is 8.42 Å². The van der Waals surface area contributed by atoms with Crippen LogP contribution in [0.3, 0.4) is 0 Å². The normalized spacial score (nSPS) is 11.4. The van der Waals surface area contributed by atoms with Crippen molar-refractivity contribution in [1.82, 2.24) is 10.2 Å². The van der Waals surface area contributed by atoms with E-state index in [1.165, 1.54) is 25.3 Å². The van der Waals surface area contributed by atoms with Gasteiger partial charge in [0, 0.05) is 6.54 Å². The SMILES string of the molecule is COc1ccc(S(=O)(=O)Nc2ccc(NCCC(C)C)nn2)cc1Cl. The first kappa shape index (κ1) is 19.3. The fourth-order valence-corrected chi connectivity index (χ4v) is 3.33. The molecule has 2 N–H and O–H groups in total. The van der Waals surface area contributed by atoms with Gasteiger partial charge in [-0.15, -0.1) is 10.2 Å². The highest BCUT2D eigenvalue weighted by Crippen LogP contribution is 2.27. The molecule has 0 bridgehead atoms. The number of nitrogens with zero attached hydrogens (tertiary/aromatic N) is 2. The minimum Gasteiger partial charge on any atom is -0.495 e. The van der Waals surface area contributed by atoms with Crippen molar-refractivity contribution in [3.8, 4) is 5.75 Å². The molecular weight excluding hydrogens is 364 g/mol. The van der Waals surface area contributed by atoms with Gasteiger partial charge in [0.05, 0.1) is 17.0 Å². The van der Waals surface area contributed by atoms with Crippen LogP contribution in [0.5, 0.6) is 5.75 Å². The number of sulfonamides is 1. The second kappa shape index (κ2) is 8.35. The maximum atomic E-state index is 12.4. The van der Waals surface area contributed by atoms with Crippen molar-refractivity contribution in [2.45, 2.75) is 25.2 Å². The molecule has 1 heterocycles. The molecule has 0 unspecified atom stereocenters. The van der Waals surface area contributed by atoms with Crippen molar-refractivity contribution in [3.05, 3.63) is 35.4 Å². The second-order valence-electron chi connectivity index (χ2n) is 5.81. The van der Waals surface area contributed by atoms with Crippen LogP contribution in [0.4, 0.5) is 11.6 Å².